The van der Waals surface area contributed by atoms with Crippen molar-refractivity contribution in [2.45, 2.75) is 6.42 Å². The molecular weight excluding hydrogens is 298 g/mol. The van der Waals surface area contributed by atoms with Gasteiger partial charge in [0.15, 0.2) is 0 Å². The Morgan fingerprint density at radius 2 is 2.28 bits per heavy atom. The zero-order valence-corrected chi connectivity index (χ0v) is 11.8. The molecule has 0 atom stereocenters. The van der Waals surface area contributed by atoms with Gasteiger partial charge in [-0.05, 0) is 35.0 Å². The van der Waals surface area contributed by atoms with Crippen LogP contribution in [0.2, 0.25) is 0 Å². The van der Waals surface area contributed by atoms with Gasteiger partial charge in [0, 0.05) is 32.7 Å². The van der Waals surface area contributed by atoms with Crippen LogP contribution in [0.25, 0.3) is 0 Å². The van der Waals surface area contributed by atoms with Crippen LogP contribution in [0, 0.1) is 0 Å². The van der Waals surface area contributed by atoms with Gasteiger partial charge in [0.25, 0.3) is 5.91 Å². The molecule has 1 aliphatic heterocycles. The van der Waals surface area contributed by atoms with E-state index in [0.717, 1.165) is 39.1 Å². The van der Waals surface area contributed by atoms with Gasteiger partial charge in [0.2, 0.25) is 5.76 Å². The third kappa shape index (κ3) is 3.83. The third-order valence-corrected chi connectivity index (χ3v) is 3.59. The number of nitrogens with zero attached hydrogens (tertiary/aromatic N) is 1. The molecule has 1 aromatic rings. The fraction of sp³-hybridized carbons (Fsp3) is 0.583. The summed E-state index contributed by atoms with van der Waals surface area (Å²) in [5.41, 5.74) is 0. The number of nitrogens with one attached hydrogen (secondary N) is 2. The van der Waals surface area contributed by atoms with E-state index in [4.69, 9.17) is 4.42 Å². The van der Waals surface area contributed by atoms with E-state index >= 15 is 0 Å². The Bertz CT molecular complexity index is 388. The Morgan fingerprint density at radius 1 is 1.50 bits per heavy atom. The largest absolute Gasteiger partial charge is 0.458 e. The molecule has 2 rings (SSSR count). The van der Waals surface area contributed by atoms with Crippen molar-refractivity contribution in [3.63, 3.8) is 0 Å². The first-order chi connectivity index (χ1) is 8.77. The molecule has 1 fully saturated rings. The highest BCUT2D eigenvalue weighted by atomic mass is 79.9. The second-order valence-electron chi connectivity index (χ2n) is 4.30. The van der Waals surface area contributed by atoms with E-state index in [-0.39, 0.29) is 5.91 Å². The van der Waals surface area contributed by atoms with Gasteiger partial charge >= 0.3 is 0 Å². The van der Waals surface area contributed by atoms with Crippen molar-refractivity contribution in [3.8, 4) is 0 Å². The zero-order chi connectivity index (χ0) is 12.8. The average Bonchev–Trinajstić information content (AvgIpc) is 2.82. The second-order valence-corrected chi connectivity index (χ2v) is 5.15. The van der Waals surface area contributed by atoms with Gasteiger partial charge in [-0.15, -0.1) is 0 Å². The number of carbonyl (C=O) groups excluding carboxylic acids is 1. The predicted octanol–water partition coefficient (Wildman–Crippen LogP) is 1.07. The highest BCUT2D eigenvalue weighted by Crippen LogP contribution is 2.16. The molecular formula is C12H18BrN3O2. The minimum Gasteiger partial charge on any atom is -0.458 e. The molecule has 0 saturated carbocycles. The van der Waals surface area contributed by atoms with Crippen LogP contribution in [0.1, 0.15) is 17.0 Å². The first-order valence-electron chi connectivity index (χ1n) is 6.21. The summed E-state index contributed by atoms with van der Waals surface area (Å²) in [5.74, 6) is 0.185. The lowest BCUT2D eigenvalue weighted by atomic mass is 10.3. The van der Waals surface area contributed by atoms with E-state index in [2.05, 4.69) is 31.5 Å². The molecule has 100 valence electrons. The first-order valence-corrected chi connectivity index (χ1v) is 7.01. The van der Waals surface area contributed by atoms with E-state index in [9.17, 15) is 4.79 Å². The third-order valence-electron chi connectivity index (χ3n) is 2.97. The van der Waals surface area contributed by atoms with Crippen molar-refractivity contribution in [1.82, 2.24) is 15.5 Å². The van der Waals surface area contributed by atoms with Crippen LogP contribution in [0.3, 0.4) is 0 Å². The predicted molar refractivity (Wildman–Crippen MR) is 72.7 cm³/mol. The molecule has 2 N–H and O–H groups in total. The molecule has 6 heteroatoms. The van der Waals surface area contributed by atoms with E-state index in [1.165, 1.54) is 6.26 Å². The van der Waals surface area contributed by atoms with Crippen LogP contribution >= 0.6 is 15.9 Å². The molecule has 1 saturated heterocycles. The lowest BCUT2D eigenvalue weighted by Crippen LogP contribution is -2.44. The normalized spacial score (nSPS) is 16.7. The number of piperazine rings is 1. The molecule has 0 bridgehead atoms. The number of hydrogen-bond donors (Lipinski definition) is 2. The van der Waals surface area contributed by atoms with Gasteiger partial charge in [-0.2, -0.15) is 0 Å². The summed E-state index contributed by atoms with van der Waals surface area (Å²) >= 11 is 3.27. The molecule has 0 spiro atoms. The van der Waals surface area contributed by atoms with Gasteiger partial charge in [-0.3, -0.25) is 4.79 Å². The Labute approximate surface area is 115 Å². The van der Waals surface area contributed by atoms with Crippen molar-refractivity contribution in [2.75, 3.05) is 39.3 Å². The van der Waals surface area contributed by atoms with Crippen molar-refractivity contribution in [1.29, 1.82) is 0 Å². The summed E-state index contributed by atoms with van der Waals surface area (Å²) in [5, 5.41) is 6.18. The summed E-state index contributed by atoms with van der Waals surface area (Å²) in [6, 6.07) is 1.72. The standard InChI is InChI=1S/C12H18BrN3O2/c13-10-2-9-18-11(10)12(17)15-3-1-6-16-7-4-14-5-8-16/h2,9,14H,1,3-8H2,(H,15,17). The van der Waals surface area contributed by atoms with Crippen LogP contribution in [0.4, 0.5) is 0 Å². The number of carbonyl (C=O) groups is 1. The van der Waals surface area contributed by atoms with Crippen LogP contribution in [-0.4, -0.2) is 50.1 Å². The topological polar surface area (TPSA) is 57.5 Å². The minimum atomic E-state index is -0.160. The van der Waals surface area contributed by atoms with Crippen LogP contribution < -0.4 is 10.6 Å². The van der Waals surface area contributed by atoms with Gasteiger partial charge in [-0.25, -0.2) is 0 Å². The lowest BCUT2D eigenvalue weighted by Gasteiger charge is -2.26. The Hall–Kier alpha value is -0.850. The summed E-state index contributed by atoms with van der Waals surface area (Å²) in [6.07, 6.45) is 2.46. The fourth-order valence-electron chi connectivity index (χ4n) is 1.98. The second kappa shape index (κ2) is 6.92. The SMILES string of the molecule is O=C(NCCCN1CCNCC1)c1occc1Br. The Kier molecular flexibility index (Phi) is 5.22. The summed E-state index contributed by atoms with van der Waals surface area (Å²) in [6.45, 7) is 6.02. The molecule has 1 amide bonds. The average molecular weight is 316 g/mol. The van der Waals surface area contributed by atoms with Crippen LogP contribution in [0.5, 0.6) is 0 Å². The summed E-state index contributed by atoms with van der Waals surface area (Å²) < 4.78 is 5.79. The highest BCUT2D eigenvalue weighted by Gasteiger charge is 2.13. The number of halogens is 1. The van der Waals surface area contributed by atoms with Crippen molar-refractivity contribution < 1.29 is 9.21 Å². The quantitative estimate of drug-likeness (QED) is 0.798. The maximum atomic E-state index is 11.7. The number of amides is 1. The van der Waals surface area contributed by atoms with E-state index in [1.54, 1.807) is 6.07 Å². The molecule has 0 aromatic carbocycles. The Morgan fingerprint density at radius 3 is 2.94 bits per heavy atom. The maximum Gasteiger partial charge on any atom is 0.288 e. The van der Waals surface area contributed by atoms with Crippen molar-refractivity contribution in [2.24, 2.45) is 0 Å². The molecule has 1 aromatic heterocycles. The highest BCUT2D eigenvalue weighted by molar-refractivity contribution is 9.10. The Balaban J connectivity index is 1.63. The van der Waals surface area contributed by atoms with Crippen LogP contribution in [-0.2, 0) is 0 Å². The minimum absolute atomic E-state index is 0.160. The molecule has 2 heterocycles. The number of rotatable bonds is 5. The van der Waals surface area contributed by atoms with E-state index < -0.39 is 0 Å². The van der Waals surface area contributed by atoms with E-state index in [1.807, 2.05) is 0 Å². The zero-order valence-electron chi connectivity index (χ0n) is 10.2. The fourth-order valence-corrected chi connectivity index (χ4v) is 2.36. The first kappa shape index (κ1) is 13.6. The molecule has 5 nitrogen and oxygen atoms in total. The van der Waals surface area contributed by atoms with Crippen LogP contribution in [0.15, 0.2) is 21.2 Å². The molecule has 0 unspecified atom stereocenters. The smallest absolute Gasteiger partial charge is 0.288 e. The van der Waals surface area contributed by atoms with Gasteiger partial charge in [0.1, 0.15) is 0 Å². The van der Waals surface area contributed by atoms with Crippen molar-refractivity contribution >= 4 is 21.8 Å². The van der Waals surface area contributed by atoms with E-state index in [0.29, 0.717) is 16.8 Å². The van der Waals surface area contributed by atoms with Gasteiger partial charge in [0.05, 0.1) is 10.7 Å². The molecule has 0 radical (unpaired) electrons. The van der Waals surface area contributed by atoms with Gasteiger partial charge < -0.3 is 20.0 Å². The molecule has 1 aliphatic rings. The summed E-state index contributed by atoms with van der Waals surface area (Å²) in [4.78, 5) is 14.1. The molecule has 18 heavy (non-hydrogen) atoms. The number of hydrogen-bond acceptors (Lipinski definition) is 4. The monoisotopic (exact) mass is 315 g/mol. The van der Waals surface area contributed by atoms with Gasteiger partial charge in [-0.1, -0.05) is 0 Å². The summed E-state index contributed by atoms with van der Waals surface area (Å²) in [7, 11) is 0. The lowest BCUT2D eigenvalue weighted by molar-refractivity contribution is 0.0922. The number of furan rings is 1. The van der Waals surface area contributed by atoms with Crippen molar-refractivity contribution in [3.05, 3.63) is 22.6 Å². The maximum absolute atomic E-state index is 11.7. The molecule has 0 aliphatic carbocycles.